The smallest absolute Gasteiger partial charge is 0.219 e. The van der Waals surface area contributed by atoms with Crippen molar-refractivity contribution < 1.29 is 9.49 Å². The number of nitro groups is 1. The summed E-state index contributed by atoms with van der Waals surface area (Å²) in [5.41, 5.74) is 1.02. The first-order chi connectivity index (χ1) is 14.1. The molecule has 0 bridgehead atoms. The van der Waals surface area contributed by atoms with E-state index in [1.165, 1.54) is 0 Å². The van der Waals surface area contributed by atoms with E-state index in [4.69, 9.17) is 0 Å². The van der Waals surface area contributed by atoms with Crippen LogP contribution < -0.4 is 15.7 Å². The molecule has 0 aliphatic carbocycles. The van der Waals surface area contributed by atoms with Gasteiger partial charge in [0.15, 0.2) is 0 Å². The summed E-state index contributed by atoms with van der Waals surface area (Å²) in [6.45, 7) is -0.317. The van der Waals surface area contributed by atoms with Gasteiger partial charge in [0.1, 0.15) is 0 Å². The van der Waals surface area contributed by atoms with Crippen LogP contribution >= 0.6 is 7.29 Å². The van der Waals surface area contributed by atoms with E-state index in [9.17, 15) is 14.7 Å². The van der Waals surface area contributed by atoms with Crippen LogP contribution in [-0.2, 0) is 4.57 Å². The first kappa shape index (κ1) is 20.7. The zero-order chi connectivity index (χ0) is 20.5. The average Bonchev–Trinajstić information content (AvgIpc) is 2.75. The van der Waals surface area contributed by atoms with E-state index in [-0.39, 0.29) is 11.5 Å². The third-order valence-corrected chi connectivity index (χ3v) is 7.28. The highest BCUT2D eigenvalue weighted by Gasteiger charge is 2.31. The van der Waals surface area contributed by atoms with Crippen molar-refractivity contribution in [1.82, 2.24) is 5.09 Å². The zero-order valence-electron chi connectivity index (χ0n) is 15.9. The number of nitrogens with zero attached hydrogens (tertiary/aromatic N) is 1. The van der Waals surface area contributed by atoms with Gasteiger partial charge in [-0.15, -0.1) is 0 Å². The average molecular weight is 406 g/mol. The Morgan fingerprint density at radius 2 is 1.34 bits per heavy atom. The van der Waals surface area contributed by atoms with Crippen LogP contribution in [0.15, 0.2) is 97.1 Å². The molecule has 0 saturated heterocycles. The first-order valence-corrected chi connectivity index (χ1v) is 11.1. The molecule has 3 aromatic rings. The molecule has 0 amide bonds. The van der Waals surface area contributed by atoms with Crippen LogP contribution in [0, 0.1) is 10.1 Å². The van der Waals surface area contributed by atoms with Gasteiger partial charge in [-0.05, 0) is 36.2 Å². The standard InChI is InChI=1S/C23H23N2O3P/c26-25(27)19-21(14-10-13-20-11-4-1-5-12-20)24-29(28,22-15-6-2-7-16-22)23-17-8-3-9-18-23/h1-13,15-18,21H,14,19H2,(H,24,28)/b13-10+/t21-/m0/s1. The van der Waals surface area contributed by atoms with Gasteiger partial charge in [0, 0.05) is 15.5 Å². The maximum atomic E-state index is 14.1. The van der Waals surface area contributed by atoms with Gasteiger partial charge in [0.25, 0.3) is 0 Å². The minimum absolute atomic E-state index is 0.317. The topological polar surface area (TPSA) is 72.2 Å². The van der Waals surface area contributed by atoms with Gasteiger partial charge < -0.3 is 0 Å². The summed E-state index contributed by atoms with van der Waals surface area (Å²) >= 11 is 0. The second kappa shape index (κ2) is 9.97. The Kier molecular flexibility index (Phi) is 7.12. The van der Waals surface area contributed by atoms with Crippen molar-refractivity contribution in [3.8, 4) is 0 Å². The molecule has 0 fully saturated rings. The fourth-order valence-electron chi connectivity index (χ4n) is 3.11. The molecule has 0 unspecified atom stereocenters. The van der Waals surface area contributed by atoms with Gasteiger partial charge in [0.2, 0.25) is 13.8 Å². The van der Waals surface area contributed by atoms with Crippen LogP contribution in [0.5, 0.6) is 0 Å². The second-order valence-corrected chi connectivity index (χ2v) is 9.18. The molecule has 0 aliphatic heterocycles. The van der Waals surface area contributed by atoms with E-state index in [2.05, 4.69) is 5.09 Å². The molecule has 0 saturated carbocycles. The molecule has 0 radical (unpaired) electrons. The zero-order valence-corrected chi connectivity index (χ0v) is 16.8. The largest absolute Gasteiger partial charge is 0.297 e. The lowest BCUT2D eigenvalue weighted by molar-refractivity contribution is -0.482. The highest BCUT2D eigenvalue weighted by atomic mass is 31.2. The van der Waals surface area contributed by atoms with Gasteiger partial charge in [0.05, 0.1) is 6.04 Å². The minimum atomic E-state index is -3.24. The lowest BCUT2D eigenvalue weighted by Gasteiger charge is -2.24. The summed E-state index contributed by atoms with van der Waals surface area (Å²) in [6.07, 6.45) is 4.20. The summed E-state index contributed by atoms with van der Waals surface area (Å²) in [5.74, 6) is 0. The van der Waals surface area contributed by atoms with E-state index in [1.54, 1.807) is 24.3 Å². The predicted molar refractivity (Wildman–Crippen MR) is 119 cm³/mol. The first-order valence-electron chi connectivity index (χ1n) is 9.40. The van der Waals surface area contributed by atoms with Crippen LogP contribution in [0.2, 0.25) is 0 Å². The molecule has 0 aliphatic rings. The van der Waals surface area contributed by atoms with Crippen LogP contribution in [0.3, 0.4) is 0 Å². The van der Waals surface area contributed by atoms with Crippen LogP contribution in [0.1, 0.15) is 12.0 Å². The van der Waals surface area contributed by atoms with Gasteiger partial charge in [-0.3, -0.25) is 14.7 Å². The SMILES string of the molecule is O=[N+]([O-])C[C@H](C/C=C/c1ccccc1)NP(=O)(c1ccccc1)c1ccccc1. The third-order valence-electron chi connectivity index (χ3n) is 4.50. The minimum Gasteiger partial charge on any atom is -0.297 e. The molecule has 3 rings (SSSR count). The number of hydrogen-bond acceptors (Lipinski definition) is 3. The molecule has 5 nitrogen and oxygen atoms in total. The lowest BCUT2D eigenvalue weighted by atomic mass is 10.1. The van der Waals surface area contributed by atoms with Gasteiger partial charge in [-0.25, -0.2) is 5.09 Å². The molecular formula is C23H23N2O3P. The van der Waals surface area contributed by atoms with Crippen molar-refractivity contribution in [2.24, 2.45) is 0 Å². The van der Waals surface area contributed by atoms with Crippen molar-refractivity contribution in [3.05, 3.63) is 113 Å². The van der Waals surface area contributed by atoms with Crippen LogP contribution in [-0.4, -0.2) is 17.5 Å². The van der Waals surface area contributed by atoms with Crippen molar-refractivity contribution in [2.45, 2.75) is 12.5 Å². The molecule has 1 atom stereocenters. The highest BCUT2D eigenvalue weighted by molar-refractivity contribution is 7.76. The molecule has 1 N–H and O–H groups in total. The Hall–Kier alpha value is -3.01. The summed E-state index contributed by atoms with van der Waals surface area (Å²) < 4.78 is 14.1. The monoisotopic (exact) mass is 406 g/mol. The number of hydrogen-bond donors (Lipinski definition) is 1. The maximum Gasteiger partial charge on any atom is 0.219 e. The van der Waals surface area contributed by atoms with E-state index >= 15 is 0 Å². The molecule has 0 heterocycles. The van der Waals surface area contributed by atoms with Crippen molar-refractivity contribution >= 4 is 24.0 Å². The Balaban J connectivity index is 1.88. The highest BCUT2D eigenvalue weighted by Crippen LogP contribution is 2.39. The fraction of sp³-hybridized carbons (Fsp3) is 0.130. The van der Waals surface area contributed by atoms with Crippen LogP contribution in [0.4, 0.5) is 0 Å². The van der Waals surface area contributed by atoms with E-state index < -0.39 is 13.3 Å². The maximum absolute atomic E-state index is 14.1. The molecule has 0 spiro atoms. The molecule has 148 valence electrons. The van der Waals surface area contributed by atoms with E-state index in [0.29, 0.717) is 17.0 Å². The van der Waals surface area contributed by atoms with Crippen molar-refractivity contribution in [1.29, 1.82) is 0 Å². The molecule has 0 aromatic heterocycles. The molecule has 6 heteroatoms. The number of benzene rings is 3. The predicted octanol–water partition coefficient (Wildman–Crippen LogP) is 4.25. The van der Waals surface area contributed by atoms with Gasteiger partial charge in [-0.2, -0.15) is 0 Å². The Bertz CT molecular complexity index is 949. The number of nitrogens with one attached hydrogen (secondary N) is 1. The Morgan fingerprint density at radius 3 is 1.83 bits per heavy atom. The molecule has 29 heavy (non-hydrogen) atoms. The lowest BCUT2D eigenvalue weighted by Crippen LogP contribution is -2.39. The molecular weight excluding hydrogens is 383 g/mol. The second-order valence-electron chi connectivity index (χ2n) is 6.67. The summed E-state index contributed by atoms with van der Waals surface area (Å²) in [4.78, 5) is 10.9. The van der Waals surface area contributed by atoms with Crippen molar-refractivity contribution in [3.63, 3.8) is 0 Å². The van der Waals surface area contributed by atoms with E-state index in [1.807, 2.05) is 78.9 Å². The Morgan fingerprint density at radius 1 is 0.862 bits per heavy atom. The third kappa shape index (κ3) is 5.74. The Labute approximate surface area is 170 Å². The molecule has 3 aromatic carbocycles. The summed E-state index contributed by atoms with van der Waals surface area (Å²) in [5, 5.41) is 15.7. The fourth-order valence-corrected chi connectivity index (χ4v) is 5.59. The van der Waals surface area contributed by atoms with Gasteiger partial charge >= 0.3 is 0 Å². The number of rotatable bonds is 9. The summed E-state index contributed by atoms with van der Waals surface area (Å²) in [6, 6.07) is 27.4. The summed E-state index contributed by atoms with van der Waals surface area (Å²) in [7, 11) is -3.24. The quantitative estimate of drug-likeness (QED) is 0.328. The van der Waals surface area contributed by atoms with E-state index in [0.717, 1.165) is 5.56 Å². The van der Waals surface area contributed by atoms with Gasteiger partial charge in [-0.1, -0.05) is 78.9 Å². The van der Waals surface area contributed by atoms with Crippen molar-refractivity contribution in [2.75, 3.05) is 6.54 Å². The normalized spacial score (nSPS) is 12.7. The van der Waals surface area contributed by atoms with Crippen LogP contribution in [0.25, 0.3) is 6.08 Å².